The van der Waals surface area contributed by atoms with Crippen molar-refractivity contribution in [2.24, 2.45) is 0 Å². The molecule has 0 aliphatic heterocycles. The maximum Gasteiger partial charge on any atom is 0.365 e. The third-order valence-electron chi connectivity index (χ3n) is 1.35. The summed E-state index contributed by atoms with van der Waals surface area (Å²) in [6.07, 6.45) is 4.33. The summed E-state index contributed by atoms with van der Waals surface area (Å²) < 4.78 is 4.82. The van der Waals surface area contributed by atoms with Gasteiger partial charge in [0, 0.05) is 6.42 Å². The number of carbonyl (C=O) groups excluding carboxylic acids is 1. The van der Waals surface area contributed by atoms with E-state index in [9.17, 15) is 4.79 Å². The SMILES string of the molecule is C=CCOC(=O)C([NH3+])CCSC. The van der Waals surface area contributed by atoms with E-state index in [1.165, 1.54) is 0 Å². The molecule has 70 valence electrons. The number of esters is 1. The van der Waals surface area contributed by atoms with Crippen LogP contribution in [0.15, 0.2) is 12.7 Å². The molecule has 0 aromatic heterocycles. The molecule has 0 spiro atoms. The fourth-order valence-corrected chi connectivity index (χ4v) is 1.16. The summed E-state index contributed by atoms with van der Waals surface area (Å²) in [5, 5.41) is 0. The first-order chi connectivity index (χ1) is 5.72. The van der Waals surface area contributed by atoms with E-state index in [2.05, 4.69) is 12.3 Å². The highest BCUT2D eigenvalue weighted by molar-refractivity contribution is 7.98. The Bertz CT molecular complexity index is 150. The summed E-state index contributed by atoms with van der Waals surface area (Å²) in [5.74, 6) is 0.709. The molecule has 0 saturated carbocycles. The number of hydrogen-bond acceptors (Lipinski definition) is 3. The average Bonchev–Trinajstić information content (AvgIpc) is 2.10. The number of rotatable bonds is 6. The van der Waals surface area contributed by atoms with Crippen molar-refractivity contribution in [3.8, 4) is 0 Å². The van der Waals surface area contributed by atoms with Crippen molar-refractivity contribution in [1.82, 2.24) is 0 Å². The topological polar surface area (TPSA) is 53.9 Å². The minimum atomic E-state index is -0.239. The monoisotopic (exact) mass is 190 g/mol. The summed E-state index contributed by atoms with van der Waals surface area (Å²) in [5.41, 5.74) is 3.71. The molecule has 0 fully saturated rings. The lowest BCUT2D eigenvalue weighted by molar-refractivity contribution is -0.408. The van der Waals surface area contributed by atoms with Crippen LogP contribution >= 0.6 is 11.8 Å². The fraction of sp³-hybridized carbons (Fsp3) is 0.625. The summed E-state index contributed by atoms with van der Waals surface area (Å²) in [7, 11) is 0. The van der Waals surface area contributed by atoms with Crippen LogP contribution in [0.4, 0.5) is 0 Å². The van der Waals surface area contributed by atoms with Crippen LogP contribution in [0.25, 0.3) is 0 Å². The van der Waals surface area contributed by atoms with Crippen LogP contribution in [-0.2, 0) is 9.53 Å². The van der Waals surface area contributed by atoms with Crippen LogP contribution in [0.2, 0.25) is 0 Å². The molecule has 4 heteroatoms. The largest absolute Gasteiger partial charge is 0.457 e. The molecule has 12 heavy (non-hydrogen) atoms. The molecule has 0 rings (SSSR count). The molecule has 1 unspecified atom stereocenters. The third-order valence-corrected chi connectivity index (χ3v) is 1.99. The lowest BCUT2D eigenvalue weighted by Gasteiger charge is -2.05. The Morgan fingerprint density at radius 3 is 3.00 bits per heavy atom. The quantitative estimate of drug-likeness (QED) is 0.476. The maximum absolute atomic E-state index is 11.1. The van der Waals surface area contributed by atoms with Gasteiger partial charge in [-0.1, -0.05) is 12.7 Å². The van der Waals surface area contributed by atoms with Gasteiger partial charge in [-0.3, -0.25) is 0 Å². The molecule has 0 bridgehead atoms. The second kappa shape index (κ2) is 7.18. The van der Waals surface area contributed by atoms with Crippen molar-refractivity contribution in [2.45, 2.75) is 12.5 Å². The van der Waals surface area contributed by atoms with Gasteiger partial charge in [0.05, 0.1) is 0 Å². The molecular weight excluding hydrogens is 174 g/mol. The van der Waals surface area contributed by atoms with Gasteiger partial charge in [-0.2, -0.15) is 11.8 Å². The predicted molar refractivity (Wildman–Crippen MR) is 50.8 cm³/mol. The lowest BCUT2D eigenvalue weighted by atomic mass is 10.2. The minimum Gasteiger partial charge on any atom is -0.457 e. The van der Waals surface area contributed by atoms with Crippen molar-refractivity contribution in [3.63, 3.8) is 0 Å². The van der Waals surface area contributed by atoms with Gasteiger partial charge in [0.15, 0.2) is 6.04 Å². The molecule has 1 atom stereocenters. The van der Waals surface area contributed by atoms with Crippen molar-refractivity contribution >= 4 is 17.7 Å². The molecule has 0 aromatic rings. The van der Waals surface area contributed by atoms with Crippen LogP contribution < -0.4 is 5.73 Å². The molecule has 3 N–H and O–H groups in total. The van der Waals surface area contributed by atoms with Crippen molar-refractivity contribution in [2.75, 3.05) is 18.6 Å². The zero-order valence-electron chi connectivity index (χ0n) is 7.41. The Labute approximate surface area is 77.3 Å². The molecule has 0 aliphatic rings. The minimum absolute atomic E-state index is 0.232. The van der Waals surface area contributed by atoms with E-state index in [1.54, 1.807) is 17.8 Å². The molecule has 3 nitrogen and oxygen atoms in total. The van der Waals surface area contributed by atoms with E-state index in [0.29, 0.717) is 0 Å². The first-order valence-electron chi connectivity index (χ1n) is 3.82. The van der Waals surface area contributed by atoms with Crippen LogP contribution in [0, 0.1) is 0 Å². The third kappa shape index (κ3) is 5.21. The van der Waals surface area contributed by atoms with Gasteiger partial charge in [-0.15, -0.1) is 0 Å². The zero-order valence-corrected chi connectivity index (χ0v) is 8.23. The van der Waals surface area contributed by atoms with Gasteiger partial charge in [0.25, 0.3) is 0 Å². The summed E-state index contributed by atoms with van der Waals surface area (Å²) >= 11 is 1.70. The van der Waals surface area contributed by atoms with Gasteiger partial charge in [0.2, 0.25) is 0 Å². The highest BCUT2D eigenvalue weighted by Gasteiger charge is 2.17. The van der Waals surface area contributed by atoms with Crippen molar-refractivity contribution < 1.29 is 15.3 Å². The van der Waals surface area contributed by atoms with Crippen LogP contribution in [-0.4, -0.2) is 30.6 Å². The van der Waals surface area contributed by atoms with Gasteiger partial charge >= 0.3 is 5.97 Å². The smallest absolute Gasteiger partial charge is 0.365 e. The normalized spacial score (nSPS) is 12.2. The molecule has 0 radical (unpaired) electrons. The van der Waals surface area contributed by atoms with Crippen LogP contribution in [0.1, 0.15) is 6.42 Å². The van der Waals surface area contributed by atoms with Crippen LogP contribution in [0.3, 0.4) is 0 Å². The van der Waals surface area contributed by atoms with Crippen molar-refractivity contribution in [3.05, 3.63) is 12.7 Å². The summed E-state index contributed by atoms with van der Waals surface area (Å²) in [6.45, 7) is 3.73. The fourth-order valence-electron chi connectivity index (χ4n) is 0.637. The Kier molecular flexibility index (Phi) is 6.90. The Balaban J connectivity index is 3.53. The highest BCUT2D eigenvalue weighted by atomic mass is 32.2. The predicted octanol–water partition coefficient (Wildman–Crippen LogP) is 0.0792. The molecule has 0 heterocycles. The number of carbonyl (C=O) groups is 1. The standard InChI is InChI=1S/C8H15NO2S/c1-3-5-11-8(10)7(9)4-6-12-2/h3,7H,1,4-6,9H2,2H3/p+1. The van der Waals surface area contributed by atoms with E-state index < -0.39 is 0 Å². The van der Waals surface area contributed by atoms with E-state index in [1.807, 2.05) is 6.26 Å². The second-order valence-corrected chi connectivity index (χ2v) is 3.38. The van der Waals surface area contributed by atoms with Gasteiger partial charge in [-0.05, 0) is 12.0 Å². The Morgan fingerprint density at radius 2 is 2.50 bits per heavy atom. The average molecular weight is 190 g/mol. The molecular formula is C8H16NO2S+. The number of quaternary nitrogens is 1. The summed E-state index contributed by atoms with van der Waals surface area (Å²) in [6, 6.07) is -0.239. The van der Waals surface area contributed by atoms with Crippen molar-refractivity contribution in [1.29, 1.82) is 0 Å². The highest BCUT2D eigenvalue weighted by Crippen LogP contribution is 1.98. The molecule has 0 aromatic carbocycles. The van der Waals surface area contributed by atoms with E-state index >= 15 is 0 Å². The van der Waals surface area contributed by atoms with E-state index in [0.717, 1.165) is 12.2 Å². The molecule has 0 saturated heterocycles. The van der Waals surface area contributed by atoms with Gasteiger partial charge in [0.1, 0.15) is 6.61 Å². The number of hydrogen-bond donors (Lipinski definition) is 1. The number of ether oxygens (including phenoxy) is 1. The van der Waals surface area contributed by atoms with Crippen LogP contribution in [0.5, 0.6) is 0 Å². The molecule has 0 aliphatic carbocycles. The van der Waals surface area contributed by atoms with Gasteiger partial charge < -0.3 is 10.5 Å². The lowest BCUT2D eigenvalue weighted by Crippen LogP contribution is -2.65. The Morgan fingerprint density at radius 1 is 1.83 bits per heavy atom. The zero-order chi connectivity index (χ0) is 9.40. The van der Waals surface area contributed by atoms with E-state index in [-0.39, 0.29) is 18.6 Å². The first-order valence-corrected chi connectivity index (χ1v) is 5.21. The molecule has 0 amide bonds. The maximum atomic E-state index is 11.1. The van der Waals surface area contributed by atoms with Gasteiger partial charge in [-0.25, -0.2) is 4.79 Å². The Hall–Kier alpha value is -0.480. The van der Waals surface area contributed by atoms with E-state index in [4.69, 9.17) is 4.74 Å². The first kappa shape index (κ1) is 11.5. The number of thioether (sulfide) groups is 1. The second-order valence-electron chi connectivity index (χ2n) is 2.40. The summed E-state index contributed by atoms with van der Waals surface area (Å²) in [4.78, 5) is 11.1.